The number of hydrogen-bond acceptors (Lipinski definition) is 14. The van der Waals surface area contributed by atoms with Crippen LogP contribution in [0.1, 0.15) is 32.6 Å². The molecule has 17 heteroatoms. The van der Waals surface area contributed by atoms with Crippen LogP contribution in [0, 0.1) is 5.92 Å². The van der Waals surface area contributed by atoms with Crippen LogP contribution in [0.25, 0.3) is 0 Å². The summed E-state index contributed by atoms with van der Waals surface area (Å²) in [6.45, 7) is 2.36. The fourth-order valence-corrected chi connectivity index (χ4v) is 6.48. The highest BCUT2D eigenvalue weighted by atomic mass is 16.7. The van der Waals surface area contributed by atoms with Gasteiger partial charge in [-0.25, -0.2) is 4.99 Å². The third kappa shape index (κ3) is 7.45. The first kappa shape index (κ1) is 34.7. The van der Waals surface area contributed by atoms with Gasteiger partial charge in [0.15, 0.2) is 17.9 Å². The van der Waals surface area contributed by atoms with Gasteiger partial charge < -0.3 is 78.6 Å². The molecule has 2 heterocycles. The number of nitrogens with zero attached hydrogens (tertiary/aromatic N) is 1. The molecule has 2 aliphatic carbocycles. The number of rotatable bonds is 12. The maximum absolute atomic E-state index is 13.2. The summed E-state index contributed by atoms with van der Waals surface area (Å²) in [7, 11) is 1.58. The number of amides is 1. The van der Waals surface area contributed by atoms with Crippen molar-refractivity contribution in [3.63, 3.8) is 0 Å². The minimum atomic E-state index is -1.85. The normalized spacial score (nSPS) is 43.8. The minimum absolute atomic E-state index is 0.00180. The molecule has 0 aromatic rings. The molecule has 2 aliphatic heterocycles. The fourth-order valence-electron chi connectivity index (χ4n) is 6.48. The van der Waals surface area contributed by atoms with Crippen molar-refractivity contribution in [2.45, 2.75) is 105 Å². The van der Waals surface area contributed by atoms with E-state index in [1.165, 1.54) is 6.92 Å². The summed E-state index contributed by atoms with van der Waals surface area (Å²) in [5, 5.41) is 62.3. The molecule has 17 nitrogen and oxygen atoms in total. The predicted octanol–water partition coefficient (Wildman–Crippen LogP) is -5.63. The number of aliphatic hydroxyl groups is 5. The van der Waals surface area contributed by atoms with E-state index in [1.54, 1.807) is 7.05 Å². The third-order valence-electron chi connectivity index (χ3n) is 9.01. The number of carbonyl (C=O) groups is 1. The summed E-state index contributed by atoms with van der Waals surface area (Å²) < 4.78 is 18.1. The lowest BCUT2D eigenvalue weighted by atomic mass is 9.72. The molecule has 0 radical (unpaired) electrons. The van der Waals surface area contributed by atoms with E-state index in [0.29, 0.717) is 31.7 Å². The maximum atomic E-state index is 13.2. The standard InChI is InChI=1S/C27H50N8O9/c1-26(40)11-42-23(19(38)22(26)32-2)44-21-15(34-24(39)27(41)9-16(27)35-25(30)31)8-14(29)17(18(21)37)20-13(28)5-4-12(43-20)10-33-6-3-7-36/h4,13-23,32-33,36-38,40-41H,3,5-11,28-29H2,1-2H3,(H,34,39)(H4,30,31,35). The van der Waals surface area contributed by atoms with Gasteiger partial charge in [0.25, 0.3) is 5.91 Å². The van der Waals surface area contributed by atoms with Gasteiger partial charge in [-0.2, -0.15) is 0 Å². The molecule has 13 atom stereocenters. The van der Waals surface area contributed by atoms with E-state index < -0.39 is 83.9 Å². The zero-order valence-electron chi connectivity index (χ0n) is 25.2. The number of aliphatic imine (C=N–C) groups is 1. The van der Waals surface area contributed by atoms with Crippen molar-refractivity contribution in [1.82, 2.24) is 16.0 Å². The van der Waals surface area contributed by atoms with Crippen molar-refractivity contribution >= 4 is 11.9 Å². The molecule has 3 fully saturated rings. The van der Waals surface area contributed by atoms with Crippen LogP contribution in [-0.2, 0) is 19.0 Å². The first-order chi connectivity index (χ1) is 20.7. The fraction of sp³-hybridized carbons (Fsp3) is 0.852. The Morgan fingerprint density at radius 3 is 2.59 bits per heavy atom. The van der Waals surface area contributed by atoms with E-state index in [0.717, 1.165) is 0 Å². The van der Waals surface area contributed by atoms with Gasteiger partial charge in [-0.3, -0.25) is 4.79 Å². The van der Waals surface area contributed by atoms with Crippen molar-refractivity contribution in [3.05, 3.63) is 11.8 Å². The molecular formula is C27H50N8O9. The molecule has 0 bridgehead atoms. The predicted molar refractivity (Wildman–Crippen MR) is 157 cm³/mol. The second-order valence-electron chi connectivity index (χ2n) is 12.5. The van der Waals surface area contributed by atoms with Crippen molar-refractivity contribution in [1.29, 1.82) is 0 Å². The SMILES string of the molecule is CNC1C(O)C(OC2C(NC(=O)C3(O)CC3N=C(N)N)CC(N)C(C3OC(CNCCCO)=CCC3N)C2O)OCC1(C)O. The van der Waals surface area contributed by atoms with Crippen molar-refractivity contribution in [2.24, 2.45) is 33.8 Å². The molecule has 13 unspecified atom stereocenters. The molecule has 4 rings (SSSR count). The molecule has 0 spiro atoms. The molecule has 44 heavy (non-hydrogen) atoms. The lowest BCUT2D eigenvalue weighted by Gasteiger charge is -2.50. The lowest BCUT2D eigenvalue weighted by molar-refractivity contribution is -0.297. The summed E-state index contributed by atoms with van der Waals surface area (Å²) in [5.41, 5.74) is 20.7. The Labute approximate surface area is 256 Å². The average molecular weight is 631 g/mol. The number of likely N-dealkylation sites (N-methyl/N-ethyl adjacent to an activating group) is 1. The van der Waals surface area contributed by atoms with Crippen molar-refractivity contribution < 1.29 is 44.5 Å². The summed E-state index contributed by atoms with van der Waals surface area (Å²) in [6.07, 6.45) is -2.93. The highest BCUT2D eigenvalue weighted by Gasteiger charge is 2.61. The Morgan fingerprint density at radius 2 is 1.93 bits per heavy atom. The largest absolute Gasteiger partial charge is 0.492 e. The van der Waals surface area contributed by atoms with Crippen LogP contribution in [0.5, 0.6) is 0 Å². The first-order valence-corrected chi connectivity index (χ1v) is 15.1. The van der Waals surface area contributed by atoms with Gasteiger partial charge in [0.1, 0.15) is 29.7 Å². The minimum Gasteiger partial charge on any atom is -0.492 e. The molecule has 252 valence electrons. The number of carbonyl (C=O) groups excluding carboxylic acids is 1. The Kier molecular flexibility index (Phi) is 11.1. The molecule has 0 aromatic carbocycles. The molecule has 0 aromatic heterocycles. The number of nitrogens with two attached hydrogens (primary N) is 4. The number of nitrogens with one attached hydrogen (secondary N) is 3. The smallest absolute Gasteiger partial charge is 0.254 e. The quantitative estimate of drug-likeness (QED) is 0.0543. The second kappa shape index (κ2) is 14.1. The second-order valence-corrected chi connectivity index (χ2v) is 12.5. The molecule has 16 N–H and O–H groups in total. The van der Waals surface area contributed by atoms with Gasteiger partial charge >= 0.3 is 0 Å². The average Bonchev–Trinajstić information content (AvgIpc) is 3.60. The van der Waals surface area contributed by atoms with E-state index >= 15 is 0 Å². The van der Waals surface area contributed by atoms with Crippen LogP contribution < -0.4 is 38.9 Å². The van der Waals surface area contributed by atoms with Gasteiger partial charge in [-0.1, -0.05) is 0 Å². The van der Waals surface area contributed by atoms with Gasteiger partial charge in [-0.05, 0) is 45.9 Å². The van der Waals surface area contributed by atoms with Crippen molar-refractivity contribution in [3.8, 4) is 0 Å². The zero-order valence-corrected chi connectivity index (χ0v) is 25.2. The van der Waals surface area contributed by atoms with Crippen LogP contribution in [0.2, 0.25) is 0 Å². The lowest BCUT2D eigenvalue weighted by Crippen LogP contribution is -2.69. The number of aliphatic hydroxyl groups excluding tert-OH is 3. The topological polar surface area (TPSA) is 298 Å². The van der Waals surface area contributed by atoms with Crippen LogP contribution in [0.3, 0.4) is 0 Å². The summed E-state index contributed by atoms with van der Waals surface area (Å²) in [4.78, 5) is 17.1. The van der Waals surface area contributed by atoms with Gasteiger partial charge in [0, 0.05) is 31.0 Å². The van der Waals surface area contributed by atoms with E-state index in [9.17, 15) is 25.2 Å². The molecular weight excluding hydrogens is 580 g/mol. The number of guanidine groups is 1. The van der Waals surface area contributed by atoms with E-state index in [1.807, 2.05) is 6.08 Å². The van der Waals surface area contributed by atoms with Crippen molar-refractivity contribution in [2.75, 3.05) is 33.4 Å². The van der Waals surface area contributed by atoms with E-state index in [-0.39, 0.29) is 32.0 Å². The third-order valence-corrected chi connectivity index (χ3v) is 9.01. The highest BCUT2D eigenvalue weighted by molar-refractivity contribution is 5.90. The summed E-state index contributed by atoms with van der Waals surface area (Å²) >= 11 is 0. The first-order valence-electron chi connectivity index (χ1n) is 15.1. The van der Waals surface area contributed by atoms with Crippen LogP contribution >= 0.6 is 0 Å². The Morgan fingerprint density at radius 1 is 1.20 bits per heavy atom. The highest BCUT2D eigenvalue weighted by Crippen LogP contribution is 2.41. The maximum Gasteiger partial charge on any atom is 0.254 e. The van der Waals surface area contributed by atoms with Crippen LogP contribution in [-0.4, -0.2) is 143 Å². The summed E-state index contributed by atoms with van der Waals surface area (Å²) in [5.74, 6) is -1.17. The number of hydrogen-bond donors (Lipinski definition) is 12. The van der Waals surface area contributed by atoms with Gasteiger partial charge in [-0.15, -0.1) is 0 Å². The van der Waals surface area contributed by atoms with E-state index in [4.69, 9.17) is 42.3 Å². The number of ether oxygens (including phenoxy) is 3. The van der Waals surface area contributed by atoms with Crippen LogP contribution in [0.15, 0.2) is 16.8 Å². The molecule has 1 saturated heterocycles. The molecule has 2 saturated carbocycles. The van der Waals surface area contributed by atoms with E-state index in [2.05, 4.69) is 20.9 Å². The zero-order chi connectivity index (χ0) is 32.4. The molecule has 4 aliphatic rings. The Balaban J connectivity index is 1.55. The monoisotopic (exact) mass is 630 g/mol. The Bertz CT molecular complexity index is 1060. The molecule has 1 amide bonds. The van der Waals surface area contributed by atoms with Gasteiger partial charge in [0.05, 0.1) is 37.4 Å². The summed E-state index contributed by atoms with van der Waals surface area (Å²) in [6, 6.07) is -3.83. The Hall–Kier alpha value is -2.16. The van der Waals surface area contributed by atoms with Crippen LogP contribution in [0.4, 0.5) is 0 Å². The van der Waals surface area contributed by atoms with Gasteiger partial charge in [0.2, 0.25) is 0 Å².